The predicted octanol–water partition coefficient (Wildman–Crippen LogP) is -1.48. The molecule has 2 rings (SSSR count). The van der Waals surface area contributed by atoms with Gasteiger partial charge in [-0.2, -0.15) is 9.40 Å². The zero-order valence-corrected chi connectivity index (χ0v) is 12.4. The highest BCUT2D eigenvalue weighted by atomic mass is 32.2. The minimum absolute atomic E-state index is 0.203. The molecular weight excluding hydrogens is 282 g/mol. The van der Waals surface area contributed by atoms with Crippen molar-refractivity contribution >= 4 is 15.9 Å². The Morgan fingerprint density at radius 1 is 1.35 bits per heavy atom. The van der Waals surface area contributed by atoms with Crippen LogP contribution in [-0.4, -0.2) is 65.7 Å². The van der Waals surface area contributed by atoms with Crippen LogP contribution in [0.25, 0.3) is 0 Å². The Morgan fingerprint density at radius 2 is 1.95 bits per heavy atom. The summed E-state index contributed by atoms with van der Waals surface area (Å²) in [5, 5.41) is 3.99. The number of carbonyl (C=O) groups excluding carboxylic acids is 1. The van der Waals surface area contributed by atoms with Gasteiger partial charge in [0.1, 0.15) is 6.04 Å². The fraction of sp³-hybridized carbons (Fsp3) is 0.636. The molecule has 1 unspecified atom stereocenters. The molecule has 1 aliphatic heterocycles. The summed E-state index contributed by atoms with van der Waals surface area (Å²) in [4.78, 5) is 13.9. The fourth-order valence-corrected chi connectivity index (χ4v) is 3.01. The van der Waals surface area contributed by atoms with Gasteiger partial charge in [-0.1, -0.05) is 0 Å². The molecule has 1 aromatic heterocycles. The van der Waals surface area contributed by atoms with Gasteiger partial charge in [-0.3, -0.25) is 9.48 Å². The van der Waals surface area contributed by atoms with Crippen molar-refractivity contribution in [2.24, 2.45) is 12.8 Å². The molecule has 2 heterocycles. The largest absolute Gasteiger partial charge is 0.338 e. The second kappa shape index (κ2) is 5.51. The standard InChI is InChI=1S/C11H19N5O3S/c1-14-8-9(7-13-14)10(12)11(17)15-3-5-16(6-4-15)20(2,18)19/h7-8,10H,3-6,12H2,1-2H3. The quantitative estimate of drug-likeness (QED) is 0.734. The summed E-state index contributed by atoms with van der Waals surface area (Å²) in [7, 11) is -1.44. The van der Waals surface area contributed by atoms with E-state index in [1.807, 2.05) is 0 Å². The fourth-order valence-electron chi connectivity index (χ4n) is 2.18. The van der Waals surface area contributed by atoms with Gasteiger partial charge in [0.2, 0.25) is 15.9 Å². The molecule has 0 bridgehead atoms. The summed E-state index contributed by atoms with van der Waals surface area (Å²) >= 11 is 0. The van der Waals surface area contributed by atoms with Crippen LogP contribution in [0.3, 0.4) is 0 Å². The number of aryl methyl sites for hydroxylation is 1. The van der Waals surface area contributed by atoms with Crippen LogP contribution in [-0.2, 0) is 21.9 Å². The van der Waals surface area contributed by atoms with Gasteiger partial charge >= 0.3 is 0 Å². The maximum absolute atomic E-state index is 12.3. The van der Waals surface area contributed by atoms with Crippen molar-refractivity contribution in [1.29, 1.82) is 0 Å². The average Bonchev–Trinajstić information content (AvgIpc) is 2.83. The molecule has 1 atom stereocenters. The molecule has 0 spiro atoms. The molecule has 0 aliphatic carbocycles. The Labute approximate surface area is 118 Å². The Balaban J connectivity index is 1.98. The lowest BCUT2D eigenvalue weighted by Gasteiger charge is -2.34. The van der Waals surface area contributed by atoms with Crippen LogP contribution in [0.2, 0.25) is 0 Å². The normalized spacial score (nSPS) is 19.1. The molecule has 1 aliphatic rings. The third kappa shape index (κ3) is 3.17. The lowest BCUT2D eigenvalue weighted by Crippen LogP contribution is -2.52. The first-order valence-electron chi connectivity index (χ1n) is 6.27. The monoisotopic (exact) mass is 301 g/mol. The van der Waals surface area contributed by atoms with E-state index in [0.29, 0.717) is 31.7 Å². The number of nitrogens with two attached hydrogens (primary N) is 1. The van der Waals surface area contributed by atoms with Crippen LogP contribution in [0.15, 0.2) is 12.4 Å². The molecular formula is C11H19N5O3S. The van der Waals surface area contributed by atoms with Crippen molar-refractivity contribution in [2.45, 2.75) is 6.04 Å². The maximum atomic E-state index is 12.3. The van der Waals surface area contributed by atoms with Gasteiger partial charge in [0.15, 0.2) is 0 Å². The highest BCUT2D eigenvalue weighted by Gasteiger charge is 2.29. The molecule has 1 aromatic rings. The van der Waals surface area contributed by atoms with Crippen molar-refractivity contribution in [1.82, 2.24) is 19.0 Å². The molecule has 0 saturated carbocycles. The van der Waals surface area contributed by atoms with Crippen molar-refractivity contribution in [2.75, 3.05) is 32.4 Å². The van der Waals surface area contributed by atoms with E-state index >= 15 is 0 Å². The maximum Gasteiger partial charge on any atom is 0.244 e. The number of hydrogen-bond acceptors (Lipinski definition) is 5. The molecule has 8 nitrogen and oxygen atoms in total. The minimum atomic E-state index is -3.19. The molecule has 1 fully saturated rings. The van der Waals surface area contributed by atoms with Gasteiger partial charge in [0.25, 0.3) is 0 Å². The molecule has 0 aromatic carbocycles. The summed E-state index contributed by atoms with van der Waals surface area (Å²) in [5.41, 5.74) is 6.58. The number of hydrogen-bond donors (Lipinski definition) is 1. The van der Waals surface area contributed by atoms with Crippen LogP contribution < -0.4 is 5.73 Å². The summed E-state index contributed by atoms with van der Waals surface area (Å²) < 4.78 is 25.8. The van der Waals surface area contributed by atoms with Crippen LogP contribution in [0.1, 0.15) is 11.6 Å². The van der Waals surface area contributed by atoms with E-state index in [0.717, 1.165) is 0 Å². The molecule has 112 valence electrons. The van der Waals surface area contributed by atoms with Gasteiger partial charge in [0.05, 0.1) is 12.5 Å². The topological polar surface area (TPSA) is 102 Å². The molecule has 0 radical (unpaired) electrons. The first-order chi connectivity index (χ1) is 9.29. The Bertz CT molecular complexity index is 589. The Hall–Kier alpha value is -1.45. The van der Waals surface area contributed by atoms with Gasteiger partial charge in [0, 0.05) is 45.0 Å². The predicted molar refractivity (Wildman–Crippen MR) is 73.1 cm³/mol. The molecule has 2 N–H and O–H groups in total. The number of piperazine rings is 1. The van der Waals surface area contributed by atoms with Crippen molar-refractivity contribution in [3.05, 3.63) is 18.0 Å². The third-order valence-corrected chi connectivity index (χ3v) is 4.67. The van der Waals surface area contributed by atoms with Gasteiger partial charge in [-0.05, 0) is 0 Å². The number of nitrogens with zero attached hydrogens (tertiary/aromatic N) is 4. The van der Waals surface area contributed by atoms with E-state index < -0.39 is 16.1 Å². The van der Waals surface area contributed by atoms with Gasteiger partial charge in [-0.15, -0.1) is 0 Å². The van der Waals surface area contributed by atoms with Gasteiger partial charge < -0.3 is 10.6 Å². The summed E-state index contributed by atoms with van der Waals surface area (Å²) in [5.74, 6) is -0.203. The number of sulfonamides is 1. The number of amides is 1. The van der Waals surface area contributed by atoms with E-state index in [2.05, 4.69) is 5.10 Å². The van der Waals surface area contributed by atoms with E-state index in [1.54, 1.807) is 29.0 Å². The van der Waals surface area contributed by atoms with Crippen LogP contribution in [0, 0.1) is 0 Å². The Kier molecular flexibility index (Phi) is 4.11. The van der Waals surface area contributed by atoms with Crippen LogP contribution in [0.5, 0.6) is 0 Å². The van der Waals surface area contributed by atoms with Crippen LogP contribution >= 0.6 is 0 Å². The summed E-state index contributed by atoms with van der Waals surface area (Å²) in [6.07, 6.45) is 4.44. The zero-order chi connectivity index (χ0) is 14.9. The number of aromatic nitrogens is 2. The highest BCUT2D eigenvalue weighted by molar-refractivity contribution is 7.88. The molecule has 1 amide bonds. The van der Waals surface area contributed by atoms with E-state index in [-0.39, 0.29) is 5.91 Å². The second-order valence-electron chi connectivity index (χ2n) is 4.91. The molecule has 1 saturated heterocycles. The Morgan fingerprint density at radius 3 is 2.40 bits per heavy atom. The lowest BCUT2D eigenvalue weighted by molar-refractivity contribution is -0.133. The number of carbonyl (C=O) groups is 1. The molecule has 9 heteroatoms. The lowest BCUT2D eigenvalue weighted by atomic mass is 10.1. The smallest absolute Gasteiger partial charge is 0.244 e. The minimum Gasteiger partial charge on any atom is -0.338 e. The van der Waals surface area contributed by atoms with Crippen LogP contribution in [0.4, 0.5) is 0 Å². The highest BCUT2D eigenvalue weighted by Crippen LogP contribution is 2.14. The van der Waals surface area contributed by atoms with Crippen molar-refractivity contribution in [3.8, 4) is 0 Å². The van der Waals surface area contributed by atoms with E-state index in [1.165, 1.54) is 10.6 Å². The number of rotatable bonds is 3. The third-order valence-electron chi connectivity index (χ3n) is 3.37. The first kappa shape index (κ1) is 14.9. The van der Waals surface area contributed by atoms with E-state index in [9.17, 15) is 13.2 Å². The van der Waals surface area contributed by atoms with Crippen molar-refractivity contribution < 1.29 is 13.2 Å². The molecule has 20 heavy (non-hydrogen) atoms. The van der Waals surface area contributed by atoms with Crippen molar-refractivity contribution in [3.63, 3.8) is 0 Å². The summed E-state index contributed by atoms with van der Waals surface area (Å²) in [6.45, 7) is 1.34. The van der Waals surface area contributed by atoms with Gasteiger partial charge in [-0.25, -0.2) is 8.42 Å². The summed E-state index contributed by atoms with van der Waals surface area (Å²) in [6, 6.07) is -0.756. The zero-order valence-electron chi connectivity index (χ0n) is 11.6. The second-order valence-corrected chi connectivity index (χ2v) is 6.89. The average molecular weight is 301 g/mol. The van der Waals surface area contributed by atoms with E-state index in [4.69, 9.17) is 5.73 Å². The first-order valence-corrected chi connectivity index (χ1v) is 8.12. The SMILES string of the molecule is Cn1cc(C(N)C(=O)N2CCN(S(C)(=O)=O)CC2)cn1.